The predicted octanol–water partition coefficient (Wildman–Crippen LogP) is 4.78. The first-order valence-corrected chi connectivity index (χ1v) is 10.7. The Balaban J connectivity index is 1.35. The van der Waals surface area contributed by atoms with Crippen LogP contribution in [-0.2, 0) is 9.59 Å². The lowest BCUT2D eigenvalue weighted by atomic mass is 10.1. The number of halogens is 1. The number of hydrogen-bond acceptors (Lipinski definition) is 4. The van der Waals surface area contributed by atoms with Gasteiger partial charge < -0.3 is 19.3 Å². The van der Waals surface area contributed by atoms with Gasteiger partial charge in [0.25, 0.3) is 5.91 Å². The second-order valence-electron chi connectivity index (χ2n) is 7.40. The van der Waals surface area contributed by atoms with Crippen molar-refractivity contribution in [3.63, 3.8) is 0 Å². The van der Waals surface area contributed by atoms with Crippen LogP contribution >= 0.6 is 11.6 Å². The number of carbonyl (C=O) groups excluding carboxylic acids is 2. The van der Waals surface area contributed by atoms with Gasteiger partial charge in [0.1, 0.15) is 23.3 Å². The highest BCUT2D eigenvalue weighted by atomic mass is 35.5. The molecule has 0 saturated carbocycles. The van der Waals surface area contributed by atoms with E-state index in [1.807, 2.05) is 54.6 Å². The molecule has 1 heterocycles. The first-order valence-electron chi connectivity index (χ1n) is 10.3. The molecule has 6 nitrogen and oxygen atoms in total. The van der Waals surface area contributed by atoms with Crippen molar-refractivity contribution < 1.29 is 19.1 Å². The van der Waals surface area contributed by atoms with Crippen LogP contribution in [0.1, 0.15) is 6.92 Å². The molecule has 164 valence electrons. The van der Waals surface area contributed by atoms with E-state index in [4.69, 9.17) is 21.1 Å². The zero-order valence-corrected chi connectivity index (χ0v) is 18.4. The Hall–Kier alpha value is -3.51. The molecule has 3 aromatic carbocycles. The molecule has 0 aliphatic carbocycles. The number of benzene rings is 3. The molecule has 0 N–H and O–H groups in total. The summed E-state index contributed by atoms with van der Waals surface area (Å²) in [5, 5.41) is 0.596. The Morgan fingerprint density at radius 3 is 2.22 bits per heavy atom. The van der Waals surface area contributed by atoms with E-state index in [2.05, 4.69) is 0 Å². The van der Waals surface area contributed by atoms with Crippen molar-refractivity contribution in [2.24, 2.45) is 0 Å². The van der Waals surface area contributed by atoms with Crippen molar-refractivity contribution in [1.29, 1.82) is 0 Å². The maximum Gasteiger partial charge on any atom is 0.261 e. The van der Waals surface area contributed by atoms with Gasteiger partial charge in [-0.25, -0.2) is 0 Å². The number of carbonyl (C=O) groups is 2. The van der Waals surface area contributed by atoms with Crippen molar-refractivity contribution in [2.75, 3.05) is 24.6 Å². The third-order valence-corrected chi connectivity index (χ3v) is 5.53. The van der Waals surface area contributed by atoms with Crippen molar-refractivity contribution in [1.82, 2.24) is 4.90 Å². The standard InChI is InChI=1S/C25H23ClN2O4/c1-18-25(30)28(20-9-13-23(14-10-20)32-22-5-3-2-4-6-22)16-15-27(18)24(29)17-31-21-11-7-19(26)8-12-21/h2-14,18H,15-17H2,1H3. The molecule has 1 unspecified atom stereocenters. The fourth-order valence-corrected chi connectivity index (χ4v) is 3.67. The molecule has 0 bridgehead atoms. The zero-order valence-electron chi connectivity index (χ0n) is 17.6. The van der Waals surface area contributed by atoms with Gasteiger partial charge in [0, 0.05) is 23.8 Å². The maximum atomic E-state index is 13.0. The fourth-order valence-electron chi connectivity index (χ4n) is 3.54. The van der Waals surface area contributed by atoms with Crippen molar-refractivity contribution in [3.8, 4) is 17.2 Å². The van der Waals surface area contributed by atoms with Crippen LogP contribution in [0.15, 0.2) is 78.9 Å². The Labute approximate surface area is 191 Å². The summed E-state index contributed by atoms with van der Waals surface area (Å²) >= 11 is 5.86. The van der Waals surface area contributed by atoms with Gasteiger partial charge in [-0.1, -0.05) is 29.8 Å². The first-order chi connectivity index (χ1) is 15.5. The molecule has 0 spiro atoms. The van der Waals surface area contributed by atoms with Crippen molar-refractivity contribution in [3.05, 3.63) is 83.9 Å². The molecule has 1 aliphatic heterocycles. The monoisotopic (exact) mass is 450 g/mol. The molecule has 32 heavy (non-hydrogen) atoms. The highest BCUT2D eigenvalue weighted by Crippen LogP contribution is 2.26. The number of ether oxygens (including phenoxy) is 2. The summed E-state index contributed by atoms with van der Waals surface area (Å²) in [7, 11) is 0. The second kappa shape index (κ2) is 9.75. The molecule has 0 aromatic heterocycles. The van der Waals surface area contributed by atoms with Gasteiger partial charge in [-0.05, 0) is 67.6 Å². The number of nitrogens with zero attached hydrogens (tertiary/aromatic N) is 2. The Morgan fingerprint density at radius 1 is 0.906 bits per heavy atom. The van der Waals surface area contributed by atoms with Crippen LogP contribution in [0.2, 0.25) is 5.02 Å². The van der Waals surface area contributed by atoms with Gasteiger partial charge in [0.05, 0.1) is 0 Å². The molecule has 4 rings (SSSR count). The predicted molar refractivity (Wildman–Crippen MR) is 123 cm³/mol. The van der Waals surface area contributed by atoms with Crippen LogP contribution in [-0.4, -0.2) is 42.5 Å². The third kappa shape index (κ3) is 5.03. The summed E-state index contributed by atoms with van der Waals surface area (Å²) in [6.07, 6.45) is 0. The van der Waals surface area contributed by atoms with E-state index in [1.54, 1.807) is 41.0 Å². The third-order valence-electron chi connectivity index (χ3n) is 5.28. The van der Waals surface area contributed by atoms with Crippen molar-refractivity contribution in [2.45, 2.75) is 13.0 Å². The summed E-state index contributed by atoms with van der Waals surface area (Å²) in [4.78, 5) is 28.9. The summed E-state index contributed by atoms with van der Waals surface area (Å²) in [5.41, 5.74) is 0.770. The smallest absolute Gasteiger partial charge is 0.261 e. The van der Waals surface area contributed by atoms with E-state index < -0.39 is 6.04 Å². The Kier molecular flexibility index (Phi) is 6.61. The lowest BCUT2D eigenvalue weighted by Crippen LogP contribution is -2.58. The molecule has 1 atom stereocenters. The summed E-state index contributed by atoms with van der Waals surface area (Å²) in [5.74, 6) is 1.63. The number of piperazine rings is 1. The maximum absolute atomic E-state index is 13.0. The van der Waals surface area contributed by atoms with Crippen LogP contribution < -0.4 is 14.4 Å². The van der Waals surface area contributed by atoms with Crippen LogP contribution in [0.3, 0.4) is 0 Å². The number of hydrogen-bond donors (Lipinski definition) is 0. The van der Waals surface area contributed by atoms with Crippen LogP contribution in [0.4, 0.5) is 5.69 Å². The minimum Gasteiger partial charge on any atom is -0.484 e. The van der Waals surface area contributed by atoms with E-state index in [-0.39, 0.29) is 18.4 Å². The van der Waals surface area contributed by atoms with Gasteiger partial charge in [-0.3, -0.25) is 9.59 Å². The Morgan fingerprint density at radius 2 is 1.53 bits per heavy atom. The normalized spacial score (nSPS) is 16.1. The topological polar surface area (TPSA) is 59.1 Å². The van der Waals surface area contributed by atoms with Crippen LogP contribution in [0.5, 0.6) is 17.2 Å². The van der Waals surface area contributed by atoms with Gasteiger partial charge in [0.2, 0.25) is 5.91 Å². The highest BCUT2D eigenvalue weighted by Gasteiger charge is 2.35. The molecule has 2 amide bonds. The molecular formula is C25H23ClN2O4. The minimum absolute atomic E-state index is 0.132. The molecule has 3 aromatic rings. The lowest BCUT2D eigenvalue weighted by Gasteiger charge is -2.39. The SMILES string of the molecule is CC1C(=O)N(c2ccc(Oc3ccccc3)cc2)CCN1C(=O)COc1ccc(Cl)cc1. The van der Waals surface area contributed by atoms with Gasteiger partial charge >= 0.3 is 0 Å². The molecular weight excluding hydrogens is 428 g/mol. The van der Waals surface area contributed by atoms with Crippen LogP contribution in [0.25, 0.3) is 0 Å². The largest absolute Gasteiger partial charge is 0.484 e. The van der Waals surface area contributed by atoms with E-state index in [0.29, 0.717) is 29.6 Å². The quantitative estimate of drug-likeness (QED) is 0.542. The lowest BCUT2D eigenvalue weighted by molar-refractivity contribution is -0.142. The summed E-state index contributed by atoms with van der Waals surface area (Å²) in [6.45, 7) is 2.44. The minimum atomic E-state index is -0.578. The highest BCUT2D eigenvalue weighted by molar-refractivity contribution is 6.30. The Bertz CT molecular complexity index is 1070. The fraction of sp³-hybridized carbons (Fsp3) is 0.200. The van der Waals surface area contributed by atoms with Gasteiger partial charge in [-0.15, -0.1) is 0 Å². The van der Waals surface area contributed by atoms with E-state index in [1.165, 1.54) is 0 Å². The molecule has 1 aliphatic rings. The number of para-hydroxylation sites is 1. The number of rotatable bonds is 6. The molecule has 1 fully saturated rings. The van der Waals surface area contributed by atoms with Crippen LogP contribution in [0, 0.1) is 0 Å². The molecule has 0 radical (unpaired) electrons. The van der Waals surface area contributed by atoms with E-state index in [0.717, 1.165) is 11.4 Å². The van der Waals surface area contributed by atoms with Crippen molar-refractivity contribution >= 4 is 29.1 Å². The average molecular weight is 451 g/mol. The van der Waals surface area contributed by atoms with Gasteiger partial charge in [-0.2, -0.15) is 0 Å². The molecule has 1 saturated heterocycles. The summed E-state index contributed by atoms with van der Waals surface area (Å²) < 4.78 is 11.4. The molecule has 7 heteroatoms. The number of anilines is 1. The second-order valence-corrected chi connectivity index (χ2v) is 7.84. The zero-order chi connectivity index (χ0) is 22.5. The van der Waals surface area contributed by atoms with E-state index in [9.17, 15) is 9.59 Å². The number of amides is 2. The van der Waals surface area contributed by atoms with Gasteiger partial charge in [0.15, 0.2) is 6.61 Å². The first kappa shape index (κ1) is 21.7. The average Bonchev–Trinajstić information content (AvgIpc) is 2.81. The summed E-state index contributed by atoms with van der Waals surface area (Å²) in [6, 6.07) is 23.1. The van der Waals surface area contributed by atoms with E-state index >= 15 is 0 Å².